The van der Waals surface area contributed by atoms with E-state index in [0.29, 0.717) is 27.6 Å². The normalized spacial score (nSPS) is 10.2. The summed E-state index contributed by atoms with van der Waals surface area (Å²) in [5.41, 5.74) is 1.59. The number of ether oxygens (including phenoxy) is 1. The number of benzene rings is 2. The Morgan fingerprint density at radius 3 is 2.75 bits per heavy atom. The number of anilines is 1. The molecule has 1 amide bonds. The SMILES string of the molecule is COc1cc(Cl)ccc1C(=O)Nc1ccccc1CO. The zero-order valence-corrected chi connectivity index (χ0v) is 11.6. The molecule has 0 fully saturated rings. The van der Waals surface area contributed by atoms with E-state index in [4.69, 9.17) is 16.3 Å². The van der Waals surface area contributed by atoms with E-state index in [-0.39, 0.29) is 12.5 Å². The monoisotopic (exact) mass is 291 g/mol. The second-order valence-corrected chi connectivity index (χ2v) is 4.55. The first-order valence-electron chi connectivity index (χ1n) is 5.99. The van der Waals surface area contributed by atoms with Crippen LogP contribution in [0.15, 0.2) is 42.5 Å². The smallest absolute Gasteiger partial charge is 0.259 e. The van der Waals surface area contributed by atoms with Crippen LogP contribution in [0.1, 0.15) is 15.9 Å². The molecule has 0 unspecified atom stereocenters. The lowest BCUT2D eigenvalue weighted by Gasteiger charge is -2.11. The van der Waals surface area contributed by atoms with Gasteiger partial charge in [-0.3, -0.25) is 4.79 Å². The van der Waals surface area contributed by atoms with Crippen LogP contribution in [-0.4, -0.2) is 18.1 Å². The maximum Gasteiger partial charge on any atom is 0.259 e. The number of para-hydroxylation sites is 1. The first-order valence-corrected chi connectivity index (χ1v) is 6.37. The van der Waals surface area contributed by atoms with E-state index in [1.807, 2.05) is 0 Å². The van der Waals surface area contributed by atoms with Crippen LogP contribution in [0, 0.1) is 0 Å². The van der Waals surface area contributed by atoms with Gasteiger partial charge < -0.3 is 15.2 Å². The Bertz CT molecular complexity index is 628. The molecule has 0 bridgehead atoms. The number of aliphatic hydroxyl groups is 1. The second kappa shape index (κ2) is 6.41. The molecule has 4 nitrogen and oxygen atoms in total. The Labute approximate surface area is 122 Å². The molecule has 2 aromatic carbocycles. The number of hydrogen-bond acceptors (Lipinski definition) is 3. The van der Waals surface area contributed by atoms with E-state index in [2.05, 4.69) is 5.32 Å². The minimum Gasteiger partial charge on any atom is -0.496 e. The Balaban J connectivity index is 2.28. The summed E-state index contributed by atoms with van der Waals surface area (Å²) >= 11 is 5.86. The molecule has 2 aromatic rings. The van der Waals surface area contributed by atoms with Gasteiger partial charge >= 0.3 is 0 Å². The minimum absolute atomic E-state index is 0.145. The average molecular weight is 292 g/mol. The van der Waals surface area contributed by atoms with Gasteiger partial charge in [-0.1, -0.05) is 29.8 Å². The fraction of sp³-hybridized carbons (Fsp3) is 0.133. The van der Waals surface area contributed by atoms with Gasteiger partial charge in [-0.2, -0.15) is 0 Å². The Morgan fingerprint density at radius 1 is 1.30 bits per heavy atom. The molecule has 2 rings (SSSR count). The molecule has 0 aromatic heterocycles. The van der Waals surface area contributed by atoms with Crippen LogP contribution in [0.5, 0.6) is 5.75 Å². The van der Waals surface area contributed by atoms with Crippen LogP contribution in [0.25, 0.3) is 0 Å². The van der Waals surface area contributed by atoms with Gasteiger partial charge in [-0.05, 0) is 24.3 Å². The van der Waals surface area contributed by atoms with Crippen molar-refractivity contribution < 1.29 is 14.6 Å². The van der Waals surface area contributed by atoms with Gasteiger partial charge in [0.25, 0.3) is 5.91 Å². The summed E-state index contributed by atoms with van der Waals surface area (Å²) in [7, 11) is 1.48. The number of aliphatic hydroxyl groups excluding tert-OH is 1. The van der Waals surface area contributed by atoms with E-state index in [1.165, 1.54) is 7.11 Å². The predicted octanol–water partition coefficient (Wildman–Crippen LogP) is 3.09. The summed E-state index contributed by atoms with van der Waals surface area (Å²) in [5.74, 6) is 0.0795. The number of methoxy groups -OCH3 is 1. The molecule has 0 aliphatic carbocycles. The lowest BCUT2D eigenvalue weighted by Crippen LogP contribution is -2.14. The zero-order valence-electron chi connectivity index (χ0n) is 10.9. The van der Waals surface area contributed by atoms with Gasteiger partial charge in [0.1, 0.15) is 5.75 Å². The van der Waals surface area contributed by atoms with Crippen molar-refractivity contribution in [2.45, 2.75) is 6.61 Å². The molecule has 0 aliphatic heterocycles. The average Bonchev–Trinajstić information content (AvgIpc) is 2.47. The van der Waals surface area contributed by atoms with E-state index in [0.717, 1.165) is 0 Å². The third kappa shape index (κ3) is 3.10. The largest absolute Gasteiger partial charge is 0.496 e. The van der Waals surface area contributed by atoms with Gasteiger partial charge in [0.2, 0.25) is 0 Å². The summed E-state index contributed by atoms with van der Waals surface area (Å²) in [5, 5.41) is 12.5. The van der Waals surface area contributed by atoms with Crippen molar-refractivity contribution in [3.05, 3.63) is 58.6 Å². The highest BCUT2D eigenvalue weighted by molar-refractivity contribution is 6.31. The molecule has 20 heavy (non-hydrogen) atoms. The van der Waals surface area contributed by atoms with Gasteiger partial charge in [-0.25, -0.2) is 0 Å². The third-order valence-electron chi connectivity index (χ3n) is 2.84. The second-order valence-electron chi connectivity index (χ2n) is 4.11. The highest BCUT2D eigenvalue weighted by Gasteiger charge is 2.14. The van der Waals surface area contributed by atoms with Crippen LogP contribution in [0.2, 0.25) is 5.02 Å². The summed E-state index contributed by atoms with van der Waals surface area (Å²) in [6.45, 7) is -0.145. The van der Waals surface area contributed by atoms with Crippen molar-refractivity contribution in [2.24, 2.45) is 0 Å². The van der Waals surface area contributed by atoms with Crippen molar-refractivity contribution in [1.29, 1.82) is 0 Å². The van der Waals surface area contributed by atoms with Crippen molar-refractivity contribution >= 4 is 23.2 Å². The minimum atomic E-state index is -0.320. The van der Waals surface area contributed by atoms with Crippen molar-refractivity contribution in [2.75, 3.05) is 12.4 Å². The molecule has 0 radical (unpaired) electrons. The van der Waals surface area contributed by atoms with Crippen LogP contribution >= 0.6 is 11.6 Å². The molecule has 0 saturated heterocycles. The molecule has 0 heterocycles. The Hall–Kier alpha value is -2.04. The fourth-order valence-electron chi connectivity index (χ4n) is 1.82. The number of halogens is 1. The summed E-state index contributed by atoms with van der Waals surface area (Å²) in [6, 6.07) is 11.8. The van der Waals surface area contributed by atoms with Gasteiger partial charge in [-0.15, -0.1) is 0 Å². The van der Waals surface area contributed by atoms with E-state index in [1.54, 1.807) is 42.5 Å². The highest BCUT2D eigenvalue weighted by atomic mass is 35.5. The molecular formula is C15H14ClNO3. The quantitative estimate of drug-likeness (QED) is 0.910. The number of amides is 1. The van der Waals surface area contributed by atoms with Crippen molar-refractivity contribution in [1.82, 2.24) is 0 Å². The third-order valence-corrected chi connectivity index (χ3v) is 3.08. The van der Waals surface area contributed by atoms with E-state index >= 15 is 0 Å². The molecule has 104 valence electrons. The number of carbonyl (C=O) groups is 1. The molecule has 2 N–H and O–H groups in total. The first kappa shape index (κ1) is 14.4. The maximum atomic E-state index is 12.3. The Morgan fingerprint density at radius 2 is 2.05 bits per heavy atom. The maximum absolute atomic E-state index is 12.3. The number of rotatable bonds is 4. The van der Waals surface area contributed by atoms with Crippen LogP contribution in [-0.2, 0) is 6.61 Å². The van der Waals surface area contributed by atoms with Crippen molar-refractivity contribution in [3.8, 4) is 5.75 Å². The van der Waals surface area contributed by atoms with Crippen LogP contribution in [0.4, 0.5) is 5.69 Å². The van der Waals surface area contributed by atoms with Crippen molar-refractivity contribution in [3.63, 3.8) is 0 Å². The lowest BCUT2D eigenvalue weighted by atomic mass is 10.1. The van der Waals surface area contributed by atoms with E-state index in [9.17, 15) is 9.90 Å². The Kier molecular flexibility index (Phi) is 4.61. The standard InChI is InChI=1S/C15H14ClNO3/c1-20-14-8-11(16)6-7-12(14)15(19)17-13-5-3-2-4-10(13)9-18/h2-8,18H,9H2,1H3,(H,17,19). The van der Waals surface area contributed by atoms with Gasteiger partial charge in [0.05, 0.1) is 19.3 Å². The van der Waals surface area contributed by atoms with Gasteiger partial charge in [0, 0.05) is 16.3 Å². The zero-order chi connectivity index (χ0) is 14.5. The molecule has 0 atom stereocenters. The number of carbonyl (C=O) groups excluding carboxylic acids is 1. The molecule has 0 aliphatic rings. The molecule has 0 saturated carbocycles. The summed E-state index contributed by atoms with van der Waals surface area (Å²) in [6.07, 6.45) is 0. The topological polar surface area (TPSA) is 58.6 Å². The van der Waals surface area contributed by atoms with E-state index < -0.39 is 0 Å². The number of hydrogen-bond donors (Lipinski definition) is 2. The molecule has 0 spiro atoms. The van der Waals surface area contributed by atoms with Crippen LogP contribution < -0.4 is 10.1 Å². The number of nitrogens with one attached hydrogen (secondary N) is 1. The van der Waals surface area contributed by atoms with Gasteiger partial charge in [0.15, 0.2) is 0 Å². The molecular weight excluding hydrogens is 278 g/mol. The lowest BCUT2D eigenvalue weighted by molar-refractivity contribution is 0.102. The fourth-order valence-corrected chi connectivity index (χ4v) is 1.98. The van der Waals surface area contributed by atoms with Crippen LogP contribution in [0.3, 0.4) is 0 Å². The summed E-state index contributed by atoms with van der Waals surface area (Å²) < 4.78 is 5.15. The summed E-state index contributed by atoms with van der Waals surface area (Å²) in [4.78, 5) is 12.3. The first-order chi connectivity index (χ1) is 9.65. The predicted molar refractivity (Wildman–Crippen MR) is 78.3 cm³/mol. The molecule has 5 heteroatoms. The highest BCUT2D eigenvalue weighted by Crippen LogP contribution is 2.24.